The average Bonchev–Trinajstić information content (AvgIpc) is 2.96. The largest absolute Gasteiger partial charge is 0.355 e. The fraction of sp³-hybridized carbons (Fsp3) is 0.556. The molecule has 2 aliphatic heterocycles. The molecule has 0 radical (unpaired) electrons. The maximum atomic E-state index is 11.6. The Hall–Kier alpha value is -1.40. The third-order valence-electron chi connectivity index (χ3n) is 4.84. The summed E-state index contributed by atoms with van der Waals surface area (Å²) in [6.07, 6.45) is 2.87. The predicted octanol–water partition coefficient (Wildman–Crippen LogP) is 2.61. The van der Waals surface area contributed by atoms with Crippen LogP contribution in [0.2, 0.25) is 5.02 Å². The summed E-state index contributed by atoms with van der Waals surface area (Å²) in [5, 5.41) is 7.22. The molecule has 1 aromatic rings. The zero-order chi connectivity index (χ0) is 17.7. The Kier molecular flexibility index (Phi) is 6.12. The highest BCUT2D eigenvalue weighted by atomic mass is 35.5. The number of benzene rings is 1. The van der Waals surface area contributed by atoms with Gasteiger partial charge < -0.3 is 15.5 Å². The van der Waals surface area contributed by atoms with Crippen LogP contribution in [0.1, 0.15) is 19.3 Å². The lowest BCUT2D eigenvalue weighted by Gasteiger charge is -2.40. The van der Waals surface area contributed by atoms with Crippen molar-refractivity contribution in [3.8, 4) is 0 Å². The molecule has 2 aliphatic rings. The molecule has 0 bridgehead atoms. The highest BCUT2D eigenvalue weighted by Gasteiger charge is 2.42. The van der Waals surface area contributed by atoms with Gasteiger partial charge in [-0.2, -0.15) is 0 Å². The van der Waals surface area contributed by atoms with Crippen molar-refractivity contribution in [3.05, 3.63) is 29.3 Å². The second kappa shape index (κ2) is 8.32. The summed E-state index contributed by atoms with van der Waals surface area (Å²) < 4.78 is 0. The van der Waals surface area contributed by atoms with Crippen LogP contribution in [0.25, 0.3) is 0 Å². The minimum atomic E-state index is 0.0883. The maximum Gasteiger partial charge on any atom is 0.220 e. The van der Waals surface area contributed by atoms with Crippen molar-refractivity contribution in [2.75, 3.05) is 39.0 Å². The number of nitrogens with zero attached hydrogens (tertiary/aromatic N) is 2. The highest BCUT2D eigenvalue weighted by Crippen LogP contribution is 2.35. The number of amides is 1. The topological polar surface area (TPSA) is 56.7 Å². The SMILES string of the molecule is CN=C(NCCSc1ccc(Cl)cc1)N1CCCC2(CNC(=O)C2)C1. The van der Waals surface area contributed by atoms with Gasteiger partial charge in [-0.15, -0.1) is 11.8 Å². The molecule has 25 heavy (non-hydrogen) atoms. The molecule has 1 spiro atoms. The van der Waals surface area contributed by atoms with Gasteiger partial charge in [0.15, 0.2) is 5.96 Å². The third-order valence-corrected chi connectivity index (χ3v) is 6.10. The van der Waals surface area contributed by atoms with Gasteiger partial charge in [0, 0.05) is 60.7 Å². The van der Waals surface area contributed by atoms with Gasteiger partial charge in [0.2, 0.25) is 5.91 Å². The van der Waals surface area contributed by atoms with Gasteiger partial charge in [-0.3, -0.25) is 9.79 Å². The van der Waals surface area contributed by atoms with Crippen LogP contribution in [-0.2, 0) is 4.79 Å². The lowest BCUT2D eigenvalue weighted by molar-refractivity contribution is -0.119. The number of halogens is 1. The molecule has 2 N–H and O–H groups in total. The number of nitrogens with one attached hydrogen (secondary N) is 2. The fourth-order valence-electron chi connectivity index (χ4n) is 3.62. The number of thioether (sulfide) groups is 1. The number of carbonyl (C=O) groups excluding carboxylic acids is 1. The Morgan fingerprint density at radius 2 is 2.24 bits per heavy atom. The van der Waals surface area contributed by atoms with E-state index in [0.717, 1.165) is 55.8 Å². The van der Waals surface area contributed by atoms with E-state index in [9.17, 15) is 4.79 Å². The summed E-state index contributed by atoms with van der Waals surface area (Å²) in [7, 11) is 1.83. The minimum Gasteiger partial charge on any atom is -0.355 e. The number of carbonyl (C=O) groups is 1. The van der Waals surface area contributed by atoms with E-state index in [4.69, 9.17) is 11.6 Å². The Morgan fingerprint density at radius 3 is 2.92 bits per heavy atom. The number of hydrogen-bond acceptors (Lipinski definition) is 3. The Morgan fingerprint density at radius 1 is 1.44 bits per heavy atom. The molecule has 0 saturated carbocycles. The van der Waals surface area contributed by atoms with E-state index in [1.807, 2.05) is 31.3 Å². The van der Waals surface area contributed by atoms with Crippen molar-refractivity contribution < 1.29 is 4.79 Å². The summed E-state index contributed by atoms with van der Waals surface area (Å²) in [6.45, 7) is 3.54. The van der Waals surface area contributed by atoms with Gasteiger partial charge in [0.05, 0.1) is 0 Å². The Balaban J connectivity index is 1.47. The van der Waals surface area contributed by atoms with E-state index in [-0.39, 0.29) is 11.3 Å². The van der Waals surface area contributed by atoms with Crippen molar-refractivity contribution >= 4 is 35.2 Å². The summed E-state index contributed by atoms with van der Waals surface area (Å²) in [4.78, 5) is 19.6. The first-order valence-electron chi connectivity index (χ1n) is 8.71. The number of guanidine groups is 1. The zero-order valence-corrected chi connectivity index (χ0v) is 16.1. The quantitative estimate of drug-likeness (QED) is 0.365. The van der Waals surface area contributed by atoms with Crippen LogP contribution in [-0.4, -0.2) is 55.7 Å². The van der Waals surface area contributed by atoms with Crippen molar-refractivity contribution in [3.63, 3.8) is 0 Å². The fourth-order valence-corrected chi connectivity index (χ4v) is 4.52. The van der Waals surface area contributed by atoms with Crippen molar-refractivity contribution in [2.24, 2.45) is 10.4 Å². The van der Waals surface area contributed by atoms with Crippen molar-refractivity contribution in [2.45, 2.75) is 24.2 Å². The van der Waals surface area contributed by atoms with Gasteiger partial charge in [0.25, 0.3) is 0 Å². The molecule has 2 heterocycles. The molecule has 1 amide bonds. The van der Waals surface area contributed by atoms with Gasteiger partial charge in [-0.1, -0.05) is 11.6 Å². The van der Waals surface area contributed by atoms with Crippen molar-refractivity contribution in [1.82, 2.24) is 15.5 Å². The molecule has 7 heteroatoms. The van der Waals surface area contributed by atoms with Crippen LogP contribution >= 0.6 is 23.4 Å². The molecule has 2 saturated heterocycles. The van der Waals surface area contributed by atoms with E-state index in [1.165, 1.54) is 4.90 Å². The molecule has 3 rings (SSSR count). The normalized spacial score (nSPS) is 23.8. The Bertz CT molecular complexity index is 636. The number of likely N-dealkylation sites (tertiary alicyclic amines) is 1. The summed E-state index contributed by atoms with van der Waals surface area (Å²) >= 11 is 7.71. The van der Waals surface area contributed by atoms with Crippen LogP contribution in [0.15, 0.2) is 34.2 Å². The lowest BCUT2D eigenvalue weighted by Crippen LogP contribution is -2.51. The van der Waals surface area contributed by atoms with E-state index in [2.05, 4.69) is 20.5 Å². The monoisotopic (exact) mass is 380 g/mol. The zero-order valence-electron chi connectivity index (χ0n) is 14.6. The van der Waals surface area contributed by atoms with E-state index in [1.54, 1.807) is 11.8 Å². The molecule has 1 unspecified atom stereocenters. The smallest absolute Gasteiger partial charge is 0.220 e. The summed E-state index contributed by atoms with van der Waals surface area (Å²) in [5.74, 6) is 2.08. The van der Waals surface area contributed by atoms with Crippen LogP contribution in [0.3, 0.4) is 0 Å². The maximum absolute atomic E-state index is 11.6. The molecule has 0 aromatic heterocycles. The first-order valence-corrected chi connectivity index (χ1v) is 10.1. The van der Waals surface area contributed by atoms with Crippen LogP contribution < -0.4 is 10.6 Å². The number of hydrogen-bond donors (Lipinski definition) is 2. The summed E-state index contributed by atoms with van der Waals surface area (Å²) in [6, 6.07) is 7.92. The third kappa shape index (κ3) is 4.82. The van der Waals surface area contributed by atoms with Crippen molar-refractivity contribution in [1.29, 1.82) is 0 Å². The molecule has 0 aliphatic carbocycles. The average molecular weight is 381 g/mol. The first kappa shape index (κ1) is 18.4. The molecule has 136 valence electrons. The van der Waals surface area contributed by atoms with Crippen LogP contribution in [0, 0.1) is 5.41 Å². The molecule has 1 aromatic carbocycles. The second-order valence-corrected chi connectivity index (χ2v) is 8.36. The standard InChI is InChI=1S/C18H25ClN4OS/c1-20-17(21-8-10-25-15-5-3-14(19)4-6-15)23-9-2-7-18(13-23)11-16(24)22-12-18/h3-6H,2,7-13H2,1H3,(H,20,21)(H,22,24). The van der Waals surface area contributed by atoms with Gasteiger partial charge >= 0.3 is 0 Å². The van der Waals surface area contributed by atoms with Gasteiger partial charge in [0.1, 0.15) is 0 Å². The lowest BCUT2D eigenvalue weighted by atomic mass is 9.79. The highest BCUT2D eigenvalue weighted by molar-refractivity contribution is 7.99. The van der Waals surface area contributed by atoms with E-state index >= 15 is 0 Å². The number of aliphatic imine (C=N–C) groups is 1. The van der Waals surface area contributed by atoms with E-state index < -0.39 is 0 Å². The molecule has 1 atom stereocenters. The van der Waals surface area contributed by atoms with E-state index in [0.29, 0.717) is 6.42 Å². The van der Waals surface area contributed by atoms with Crippen LogP contribution in [0.5, 0.6) is 0 Å². The first-order chi connectivity index (χ1) is 12.1. The second-order valence-electron chi connectivity index (χ2n) is 6.75. The van der Waals surface area contributed by atoms with Gasteiger partial charge in [-0.05, 0) is 37.1 Å². The number of piperidine rings is 1. The van der Waals surface area contributed by atoms with Gasteiger partial charge in [-0.25, -0.2) is 0 Å². The molecule has 5 nitrogen and oxygen atoms in total. The Labute approximate surface area is 158 Å². The number of rotatable bonds is 4. The molecular formula is C18H25ClN4OS. The summed E-state index contributed by atoms with van der Waals surface area (Å²) in [5.41, 5.74) is 0.0883. The predicted molar refractivity (Wildman–Crippen MR) is 104 cm³/mol. The molecular weight excluding hydrogens is 356 g/mol. The molecule has 2 fully saturated rings. The van der Waals surface area contributed by atoms with Crippen LogP contribution in [0.4, 0.5) is 0 Å². The minimum absolute atomic E-state index is 0.0883.